The molecule has 0 aromatic heterocycles. The van der Waals surface area contributed by atoms with Crippen molar-refractivity contribution in [2.75, 3.05) is 20.2 Å². The van der Waals surface area contributed by atoms with E-state index >= 15 is 0 Å². The molecule has 0 saturated carbocycles. The summed E-state index contributed by atoms with van der Waals surface area (Å²) in [7, 11) is 1.71. The fraction of sp³-hybridized carbons (Fsp3) is 0.833. The number of carbonyl (C=O) groups excluding carboxylic acids is 3. The predicted molar refractivity (Wildman–Crippen MR) is 102 cm³/mol. The average Bonchev–Trinajstić information content (AvgIpc) is 3.05. The van der Waals surface area contributed by atoms with Gasteiger partial charge in [0.15, 0.2) is 0 Å². The number of amides is 3. The summed E-state index contributed by atoms with van der Waals surface area (Å²) in [5.74, 6) is -0.750. The first-order chi connectivity index (χ1) is 11.6. The predicted octanol–water partition coefficient (Wildman–Crippen LogP) is 2.08. The van der Waals surface area contributed by atoms with Crippen LogP contribution in [0.5, 0.6) is 0 Å². The van der Waals surface area contributed by atoms with Gasteiger partial charge in [-0.25, -0.2) is 0 Å². The summed E-state index contributed by atoms with van der Waals surface area (Å²) >= 11 is 0. The van der Waals surface area contributed by atoms with Gasteiger partial charge in [0.2, 0.25) is 18.2 Å². The number of primary amides is 1. The first-order valence-corrected chi connectivity index (χ1v) is 8.95. The number of rotatable bonds is 4. The van der Waals surface area contributed by atoms with Crippen LogP contribution in [0.25, 0.3) is 0 Å². The van der Waals surface area contributed by atoms with E-state index in [-0.39, 0.29) is 18.1 Å². The summed E-state index contributed by atoms with van der Waals surface area (Å²) in [6, 6.07) is -0.504. The Hall–Kier alpha value is -1.63. The minimum atomic E-state index is -0.504. The van der Waals surface area contributed by atoms with Crippen molar-refractivity contribution in [3.63, 3.8) is 0 Å². The maximum Gasteiger partial charge on any atom is 0.242 e. The molecule has 3 amide bonds. The summed E-state index contributed by atoms with van der Waals surface area (Å²) in [6.07, 6.45) is 3.09. The van der Waals surface area contributed by atoms with Crippen LogP contribution < -0.4 is 11.1 Å². The smallest absolute Gasteiger partial charge is 0.242 e. The minimum Gasteiger partial charge on any atom is -0.379 e. The van der Waals surface area contributed by atoms with Gasteiger partial charge in [-0.2, -0.15) is 0 Å². The van der Waals surface area contributed by atoms with Crippen LogP contribution in [0.2, 0.25) is 0 Å². The summed E-state index contributed by atoms with van der Waals surface area (Å²) in [5.41, 5.74) is 5.17. The van der Waals surface area contributed by atoms with Crippen molar-refractivity contribution >= 4 is 18.2 Å². The molecule has 1 saturated heterocycles. The first kappa shape index (κ1) is 28.2. The van der Waals surface area contributed by atoms with Crippen molar-refractivity contribution in [3.05, 3.63) is 0 Å². The molecule has 1 aliphatic rings. The van der Waals surface area contributed by atoms with E-state index in [1.54, 1.807) is 7.11 Å². The molecule has 25 heavy (non-hydrogen) atoms. The zero-order valence-corrected chi connectivity index (χ0v) is 17.3. The van der Waals surface area contributed by atoms with E-state index in [0.717, 1.165) is 6.42 Å². The molecule has 1 aliphatic heterocycles. The lowest BCUT2D eigenvalue weighted by Crippen LogP contribution is -2.46. The summed E-state index contributed by atoms with van der Waals surface area (Å²) < 4.78 is 4.94. The third-order valence-electron chi connectivity index (χ3n) is 2.85. The van der Waals surface area contributed by atoms with E-state index in [4.69, 9.17) is 10.5 Å². The number of carbonyl (C=O) groups is 3. The highest BCUT2D eigenvalue weighted by Crippen LogP contribution is 2.16. The fourth-order valence-corrected chi connectivity index (χ4v) is 1.59. The summed E-state index contributed by atoms with van der Waals surface area (Å²) in [6.45, 7) is 14.8. The minimum absolute atomic E-state index is 0.0417. The van der Waals surface area contributed by atoms with Crippen molar-refractivity contribution < 1.29 is 19.1 Å². The zero-order valence-electron chi connectivity index (χ0n) is 17.3. The molecule has 1 atom stereocenters. The van der Waals surface area contributed by atoms with E-state index in [1.165, 1.54) is 11.3 Å². The van der Waals surface area contributed by atoms with E-state index in [1.807, 2.05) is 34.6 Å². The number of methoxy groups -OCH3 is 1. The van der Waals surface area contributed by atoms with Gasteiger partial charge >= 0.3 is 0 Å². The van der Waals surface area contributed by atoms with Crippen LogP contribution in [0.3, 0.4) is 0 Å². The number of likely N-dealkylation sites (tertiary alicyclic amines) is 1. The Balaban J connectivity index is -0.000000367. The Morgan fingerprint density at radius 1 is 1.28 bits per heavy atom. The molecule has 0 spiro atoms. The van der Waals surface area contributed by atoms with Gasteiger partial charge in [-0.15, -0.1) is 0 Å². The molecule has 150 valence electrons. The van der Waals surface area contributed by atoms with Crippen LogP contribution in [0.1, 0.15) is 67.7 Å². The molecule has 0 aromatic rings. The van der Waals surface area contributed by atoms with Crippen LogP contribution >= 0.6 is 0 Å². The van der Waals surface area contributed by atoms with Gasteiger partial charge in [0, 0.05) is 13.7 Å². The summed E-state index contributed by atoms with van der Waals surface area (Å²) in [5, 5.41) is 2.26. The van der Waals surface area contributed by atoms with Crippen molar-refractivity contribution in [3.8, 4) is 0 Å². The third kappa shape index (κ3) is 17.0. The Morgan fingerprint density at radius 3 is 2.04 bits per heavy atom. The van der Waals surface area contributed by atoms with E-state index in [9.17, 15) is 14.4 Å². The molecule has 0 aromatic carbocycles. The molecule has 1 heterocycles. The zero-order chi connectivity index (χ0) is 20.5. The SMILES string of the molecule is CC.CCC.COC(C)(C)C.NC(=O)C1CCCN1C(=O)CNC=O. The topological polar surface area (TPSA) is 102 Å². The normalized spacial score (nSPS) is 15.4. The first-order valence-electron chi connectivity index (χ1n) is 8.95. The van der Waals surface area contributed by atoms with Gasteiger partial charge in [0.25, 0.3) is 0 Å². The molecular formula is C18H39N3O4. The second-order valence-corrected chi connectivity index (χ2v) is 6.17. The van der Waals surface area contributed by atoms with E-state index in [2.05, 4.69) is 19.2 Å². The van der Waals surface area contributed by atoms with Gasteiger partial charge < -0.3 is 20.7 Å². The molecule has 0 aliphatic carbocycles. The van der Waals surface area contributed by atoms with E-state index in [0.29, 0.717) is 19.4 Å². The maximum absolute atomic E-state index is 11.4. The highest BCUT2D eigenvalue weighted by Gasteiger charge is 2.31. The average molecular weight is 362 g/mol. The maximum atomic E-state index is 11.4. The van der Waals surface area contributed by atoms with Crippen LogP contribution in [0.4, 0.5) is 0 Å². The standard InChI is InChI=1S/C8H13N3O3.C5H12O.C3H8.C2H6/c9-8(14)6-2-1-3-11(6)7(13)4-10-5-12;1-5(2,3)6-4;1-3-2;1-2/h5-6H,1-4H2,(H2,9,14)(H,10,12);1-4H3;3H2,1-2H3;1-2H3. The van der Waals surface area contributed by atoms with Crippen LogP contribution in [0, 0.1) is 0 Å². The number of hydrogen-bond donors (Lipinski definition) is 2. The molecule has 1 fully saturated rings. The Kier molecular flexibility index (Phi) is 19.4. The van der Waals surface area contributed by atoms with Crippen molar-refractivity contribution in [2.45, 2.75) is 79.4 Å². The molecule has 1 rings (SSSR count). The van der Waals surface area contributed by atoms with Crippen LogP contribution in [-0.2, 0) is 19.1 Å². The highest BCUT2D eigenvalue weighted by atomic mass is 16.5. The highest BCUT2D eigenvalue weighted by molar-refractivity contribution is 5.88. The van der Waals surface area contributed by atoms with Gasteiger partial charge in [0.1, 0.15) is 6.04 Å². The second-order valence-electron chi connectivity index (χ2n) is 6.17. The van der Waals surface area contributed by atoms with Gasteiger partial charge in [0.05, 0.1) is 12.1 Å². The van der Waals surface area contributed by atoms with Crippen molar-refractivity contribution in [2.24, 2.45) is 5.73 Å². The number of ether oxygens (including phenoxy) is 1. The Labute approximate surface area is 153 Å². The number of nitrogens with two attached hydrogens (primary N) is 1. The lowest BCUT2D eigenvalue weighted by Gasteiger charge is -2.21. The van der Waals surface area contributed by atoms with Gasteiger partial charge in [-0.3, -0.25) is 14.4 Å². The third-order valence-corrected chi connectivity index (χ3v) is 2.85. The fourth-order valence-electron chi connectivity index (χ4n) is 1.59. The molecule has 7 heteroatoms. The monoisotopic (exact) mass is 361 g/mol. The van der Waals surface area contributed by atoms with Crippen LogP contribution in [-0.4, -0.2) is 55.0 Å². The Morgan fingerprint density at radius 2 is 1.72 bits per heavy atom. The summed E-state index contributed by atoms with van der Waals surface area (Å²) in [4.78, 5) is 33.7. The van der Waals surface area contributed by atoms with E-state index < -0.39 is 11.9 Å². The Bertz CT molecular complexity index is 355. The molecule has 0 bridgehead atoms. The van der Waals surface area contributed by atoms with Gasteiger partial charge in [-0.05, 0) is 33.6 Å². The van der Waals surface area contributed by atoms with Crippen LogP contribution in [0.15, 0.2) is 0 Å². The largest absolute Gasteiger partial charge is 0.379 e. The number of nitrogens with one attached hydrogen (secondary N) is 1. The second kappa shape index (κ2) is 17.2. The van der Waals surface area contributed by atoms with Crippen molar-refractivity contribution in [1.82, 2.24) is 10.2 Å². The lowest BCUT2D eigenvalue weighted by atomic mass is 10.2. The molecule has 1 unspecified atom stereocenters. The van der Waals surface area contributed by atoms with Gasteiger partial charge in [-0.1, -0.05) is 34.1 Å². The lowest BCUT2D eigenvalue weighted by molar-refractivity contribution is -0.137. The molecule has 3 N–H and O–H groups in total. The quantitative estimate of drug-likeness (QED) is 0.748. The molecule has 7 nitrogen and oxygen atoms in total. The number of nitrogens with zero attached hydrogens (tertiary/aromatic N) is 1. The number of hydrogen-bond acceptors (Lipinski definition) is 4. The van der Waals surface area contributed by atoms with Crippen molar-refractivity contribution in [1.29, 1.82) is 0 Å². The molecule has 0 radical (unpaired) electrons. The molecular weight excluding hydrogens is 322 g/mol.